The second-order valence-corrected chi connectivity index (χ2v) is 5.39. The number of carboxylic acids is 1. The van der Waals surface area contributed by atoms with Crippen LogP contribution in [0.1, 0.15) is 38.1 Å². The van der Waals surface area contributed by atoms with Gasteiger partial charge in [-0.25, -0.2) is 4.39 Å². The van der Waals surface area contributed by atoms with Gasteiger partial charge in [-0.1, -0.05) is 0 Å². The first-order valence-electron chi connectivity index (χ1n) is 6.35. The van der Waals surface area contributed by atoms with Crippen LogP contribution >= 0.6 is 0 Å². The zero-order valence-electron chi connectivity index (χ0n) is 12.5. The van der Waals surface area contributed by atoms with E-state index in [-0.39, 0.29) is 6.42 Å². The molecule has 0 bridgehead atoms. The zero-order valence-corrected chi connectivity index (χ0v) is 12.5. The van der Waals surface area contributed by atoms with Gasteiger partial charge in [0.05, 0.1) is 19.6 Å². The van der Waals surface area contributed by atoms with E-state index in [1.165, 1.54) is 21.1 Å². The fraction of sp³-hybridized carbons (Fsp3) is 0.533. The van der Waals surface area contributed by atoms with Gasteiger partial charge >= 0.3 is 5.97 Å². The van der Waals surface area contributed by atoms with E-state index in [0.29, 0.717) is 22.6 Å². The predicted octanol–water partition coefficient (Wildman–Crippen LogP) is 3.39. The number of alkyl halides is 1. The van der Waals surface area contributed by atoms with E-state index >= 15 is 0 Å². The maximum Gasteiger partial charge on any atom is 0.309 e. The number of ether oxygens (including phenoxy) is 2. The first kappa shape index (κ1) is 16.3. The number of carboxylic acid groups (broad SMARTS) is 1. The maximum absolute atomic E-state index is 13.8. The van der Waals surface area contributed by atoms with Crippen molar-refractivity contribution < 1.29 is 23.8 Å². The van der Waals surface area contributed by atoms with Crippen molar-refractivity contribution in [3.05, 3.63) is 23.3 Å². The van der Waals surface area contributed by atoms with E-state index in [1.54, 1.807) is 26.0 Å². The molecule has 0 aliphatic rings. The predicted molar refractivity (Wildman–Crippen MR) is 74.2 cm³/mol. The minimum atomic E-state index is -1.21. The zero-order chi connectivity index (χ0) is 15.5. The third kappa shape index (κ3) is 3.40. The second kappa shape index (κ2) is 6.11. The summed E-state index contributed by atoms with van der Waals surface area (Å²) in [5, 5.41) is 9.21. The van der Waals surface area contributed by atoms with E-state index in [4.69, 9.17) is 9.47 Å². The van der Waals surface area contributed by atoms with Crippen LogP contribution in [-0.4, -0.2) is 25.3 Å². The SMILES string of the molecule is COc1cc(CC(C)(C)C(=O)O)c(C(C)F)cc1OC. The summed E-state index contributed by atoms with van der Waals surface area (Å²) in [6, 6.07) is 3.21. The lowest BCUT2D eigenvalue weighted by Crippen LogP contribution is -2.26. The van der Waals surface area contributed by atoms with E-state index in [0.717, 1.165) is 0 Å². The molecule has 0 saturated heterocycles. The number of halogens is 1. The van der Waals surface area contributed by atoms with Gasteiger partial charge in [0.25, 0.3) is 0 Å². The lowest BCUT2D eigenvalue weighted by molar-refractivity contribution is -0.146. The van der Waals surface area contributed by atoms with Crippen molar-refractivity contribution >= 4 is 5.97 Å². The second-order valence-electron chi connectivity index (χ2n) is 5.39. The molecule has 5 heteroatoms. The van der Waals surface area contributed by atoms with E-state index in [9.17, 15) is 14.3 Å². The summed E-state index contributed by atoms with van der Waals surface area (Å²) in [6.45, 7) is 4.63. The van der Waals surface area contributed by atoms with Gasteiger partial charge in [-0.05, 0) is 50.5 Å². The number of carbonyl (C=O) groups is 1. The number of benzene rings is 1. The minimum Gasteiger partial charge on any atom is -0.493 e. The highest BCUT2D eigenvalue weighted by molar-refractivity contribution is 5.74. The van der Waals surface area contributed by atoms with E-state index < -0.39 is 17.6 Å². The van der Waals surface area contributed by atoms with E-state index in [1.807, 2.05) is 0 Å². The summed E-state index contributed by atoms with van der Waals surface area (Å²) in [7, 11) is 2.97. The van der Waals surface area contributed by atoms with Crippen molar-refractivity contribution in [3.8, 4) is 11.5 Å². The maximum atomic E-state index is 13.8. The van der Waals surface area contributed by atoms with Gasteiger partial charge < -0.3 is 14.6 Å². The van der Waals surface area contributed by atoms with Crippen LogP contribution in [0.4, 0.5) is 4.39 Å². The summed E-state index contributed by atoms with van der Waals surface area (Å²) in [5.41, 5.74) is 0.0606. The average Bonchev–Trinajstić information content (AvgIpc) is 2.37. The monoisotopic (exact) mass is 284 g/mol. The number of rotatable bonds is 6. The van der Waals surface area contributed by atoms with Gasteiger partial charge in [-0.15, -0.1) is 0 Å². The Morgan fingerprint density at radius 2 is 1.80 bits per heavy atom. The molecule has 1 aromatic rings. The molecule has 1 unspecified atom stereocenters. The van der Waals surface area contributed by atoms with Crippen molar-refractivity contribution in [2.45, 2.75) is 33.4 Å². The molecule has 1 rings (SSSR count). The van der Waals surface area contributed by atoms with Crippen LogP contribution in [0.2, 0.25) is 0 Å². The Bertz CT molecular complexity index is 495. The molecule has 0 spiro atoms. The van der Waals surface area contributed by atoms with Gasteiger partial charge in [0.15, 0.2) is 11.5 Å². The largest absolute Gasteiger partial charge is 0.493 e. The van der Waals surface area contributed by atoms with Crippen LogP contribution in [0.25, 0.3) is 0 Å². The minimum absolute atomic E-state index is 0.215. The summed E-state index contributed by atoms with van der Waals surface area (Å²) in [4.78, 5) is 11.2. The summed E-state index contributed by atoms with van der Waals surface area (Å²) >= 11 is 0. The Labute approximate surface area is 118 Å². The van der Waals surface area contributed by atoms with Crippen molar-refractivity contribution in [2.24, 2.45) is 5.41 Å². The molecule has 0 fully saturated rings. The molecule has 0 radical (unpaired) electrons. The Morgan fingerprint density at radius 1 is 1.30 bits per heavy atom. The molecule has 4 nitrogen and oxygen atoms in total. The van der Waals surface area contributed by atoms with Gasteiger partial charge in [0.1, 0.15) is 6.17 Å². The van der Waals surface area contributed by atoms with Gasteiger partial charge in [0, 0.05) is 0 Å². The molecule has 0 aromatic heterocycles. The van der Waals surface area contributed by atoms with Gasteiger partial charge in [-0.2, -0.15) is 0 Å². The van der Waals surface area contributed by atoms with Crippen LogP contribution in [0.3, 0.4) is 0 Å². The number of aliphatic carboxylic acids is 1. The summed E-state index contributed by atoms with van der Waals surface area (Å²) in [6.07, 6.45) is -0.999. The molecule has 0 amide bonds. The van der Waals surface area contributed by atoms with Crippen LogP contribution in [0.5, 0.6) is 11.5 Å². The lowest BCUT2D eigenvalue weighted by atomic mass is 9.83. The number of hydrogen-bond acceptors (Lipinski definition) is 3. The molecular weight excluding hydrogens is 263 g/mol. The third-order valence-electron chi connectivity index (χ3n) is 3.29. The Kier molecular flexibility index (Phi) is 4.98. The standard InChI is InChI=1S/C15H21FO4/c1-9(16)11-7-13(20-5)12(19-4)6-10(11)8-15(2,3)14(17)18/h6-7,9H,8H2,1-5H3,(H,17,18). The first-order valence-corrected chi connectivity index (χ1v) is 6.35. The fourth-order valence-corrected chi connectivity index (χ4v) is 2.01. The smallest absolute Gasteiger partial charge is 0.309 e. The van der Waals surface area contributed by atoms with E-state index in [2.05, 4.69) is 0 Å². The molecular formula is C15H21FO4. The van der Waals surface area contributed by atoms with Crippen LogP contribution < -0.4 is 9.47 Å². The van der Waals surface area contributed by atoms with Crippen molar-refractivity contribution in [1.29, 1.82) is 0 Å². The Hall–Kier alpha value is -1.78. The normalized spacial score (nSPS) is 12.9. The average molecular weight is 284 g/mol. The Balaban J connectivity index is 3.33. The molecule has 0 aliphatic heterocycles. The molecule has 1 N–H and O–H groups in total. The summed E-state index contributed by atoms with van der Waals surface area (Å²) < 4.78 is 24.1. The van der Waals surface area contributed by atoms with Gasteiger partial charge in [-0.3, -0.25) is 4.79 Å². The third-order valence-corrected chi connectivity index (χ3v) is 3.29. The molecule has 0 heterocycles. The van der Waals surface area contributed by atoms with Crippen LogP contribution in [0, 0.1) is 5.41 Å². The van der Waals surface area contributed by atoms with Crippen LogP contribution in [-0.2, 0) is 11.2 Å². The van der Waals surface area contributed by atoms with Crippen molar-refractivity contribution in [2.75, 3.05) is 14.2 Å². The Morgan fingerprint density at radius 3 is 2.20 bits per heavy atom. The number of methoxy groups -OCH3 is 2. The molecule has 0 saturated carbocycles. The summed E-state index contributed by atoms with van der Waals surface area (Å²) in [5.74, 6) is -0.0262. The van der Waals surface area contributed by atoms with Crippen LogP contribution in [0.15, 0.2) is 12.1 Å². The van der Waals surface area contributed by atoms with Gasteiger partial charge in [0.2, 0.25) is 0 Å². The highest BCUT2D eigenvalue weighted by Crippen LogP contribution is 2.37. The number of hydrogen-bond donors (Lipinski definition) is 1. The lowest BCUT2D eigenvalue weighted by Gasteiger charge is -2.23. The molecule has 112 valence electrons. The van der Waals surface area contributed by atoms with Crippen molar-refractivity contribution in [1.82, 2.24) is 0 Å². The molecule has 1 aromatic carbocycles. The molecule has 0 aliphatic carbocycles. The topological polar surface area (TPSA) is 55.8 Å². The quantitative estimate of drug-likeness (QED) is 0.870. The fourth-order valence-electron chi connectivity index (χ4n) is 2.01. The highest BCUT2D eigenvalue weighted by Gasteiger charge is 2.29. The highest BCUT2D eigenvalue weighted by atomic mass is 19.1. The first-order chi connectivity index (χ1) is 9.22. The molecule has 1 atom stereocenters. The molecule has 20 heavy (non-hydrogen) atoms. The van der Waals surface area contributed by atoms with Crippen molar-refractivity contribution in [3.63, 3.8) is 0 Å².